The molecule has 1 aromatic heterocycles. The molecule has 0 aromatic carbocycles. The molecule has 2 heterocycles. The van der Waals surface area contributed by atoms with Gasteiger partial charge in [-0.25, -0.2) is 4.79 Å². The van der Waals surface area contributed by atoms with E-state index in [0.29, 0.717) is 5.56 Å². The minimum absolute atomic E-state index is 0.1000. The number of nitrogen functional groups attached to an aromatic ring is 1. The first-order valence-corrected chi connectivity index (χ1v) is 5.43. The van der Waals surface area contributed by atoms with Crippen LogP contribution in [0, 0.1) is 6.92 Å². The van der Waals surface area contributed by atoms with Crippen molar-refractivity contribution in [3.8, 4) is 0 Å². The number of rotatable bonds is 2. The van der Waals surface area contributed by atoms with Crippen LogP contribution in [0.15, 0.2) is 11.0 Å². The largest absolute Gasteiger partial charge is 0.394 e. The Morgan fingerprint density at radius 1 is 1.50 bits per heavy atom. The summed E-state index contributed by atoms with van der Waals surface area (Å²) in [6.07, 6.45) is -3.20. The van der Waals surface area contributed by atoms with E-state index in [1.807, 2.05) is 0 Å². The molecule has 100 valence electrons. The highest BCUT2D eigenvalue weighted by atomic mass is 16.6. The fourth-order valence-electron chi connectivity index (χ4n) is 1.87. The number of ether oxygens (including phenoxy) is 1. The van der Waals surface area contributed by atoms with Crippen LogP contribution < -0.4 is 11.4 Å². The number of aliphatic hydroxyl groups excluding tert-OH is 3. The Bertz CT molecular complexity index is 503. The summed E-state index contributed by atoms with van der Waals surface area (Å²) in [5, 5.41) is 28.4. The molecular weight excluding hydrogens is 242 g/mol. The Balaban J connectivity index is 2.39. The molecule has 1 aliphatic rings. The van der Waals surface area contributed by atoms with Crippen molar-refractivity contribution in [2.75, 3.05) is 12.3 Å². The maximum atomic E-state index is 11.7. The summed E-state index contributed by atoms with van der Waals surface area (Å²) < 4.78 is 6.28. The standard InChI is InChI=1S/C10H15N3O5/c1-4-2-13(10(17)12-8(4)11)9-7(16)6(15)5(3-14)18-9/h2,5-7,9,14-16H,3H2,1H3,(H2,11,12,17)/t5-,6+,7-,9?/m0/s1. The number of aryl methyl sites for hydroxylation is 1. The first-order valence-electron chi connectivity index (χ1n) is 5.43. The Morgan fingerprint density at radius 3 is 2.72 bits per heavy atom. The summed E-state index contributed by atoms with van der Waals surface area (Å²) in [4.78, 5) is 15.2. The molecule has 8 heteroatoms. The van der Waals surface area contributed by atoms with Crippen molar-refractivity contribution in [2.24, 2.45) is 0 Å². The van der Waals surface area contributed by atoms with Gasteiger partial charge in [0, 0.05) is 11.8 Å². The van der Waals surface area contributed by atoms with Crippen LogP contribution in [0.25, 0.3) is 0 Å². The van der Waals surface area contributed by atoms with Crippen LogP contribution in [0.5, 0.6) is 0 Å². The molecule has 2 rings (SSSR count). The van der Waals surface area contributed by atoms with Crippen LogP contribution >= 0.6 is 0 Å². The molecule has 0 aliphatic carbocycles. The van der Waals surface area contributed by atoms with Gasteiger partial charge in [-0.1, -0.05) is 0 Å². The second-order valence-electron chi connectivity index (χ2n) is 4.23. The highest BCUT2D eigenvalue weighted by molar-refractivity contribution is 5.35. The third-order valence-corrected chi connectivity index (χ3v) is 2.97. The molecule has 8 nitrogen and oxygen atoms in total. The van der Waals surface area contributed by atoms with E-state index in [2.05, 4.69) is 4.98 Å². The summed E-state index contributed by atoms with van der Waals surface area (Å²) in [5.41, 5.74) is 5.35. The summed E-state index contributed by atoms with van der Waals surface area (Å²) in [7, 11) is 0. The van der Waals surface area contributed by atoms with Crippen molar-refractivity contribution in [1.29, 1.82) is 0 Å². The highest BCUT2D eigenvalue weighted by Crippen LogP contribution is 2.28. The van der Waals surface area contributed by atoms with Crippen LogP contribution in [0.4, 0.5) is 5.82 Å². The predicted octanol–water partition coefficient (Wildman–Crippen LogP) is -2.25. The second-order valence-corrected chi connectivity index (χ2v) is 4.23. The third-order valence-electron chi connectivity index (χ3n) is 2.97. The molecule has 0 saturated carbocycles. The Morgan fingerprint density at radius 2 is 2.17 bits per heavy atom. The second kappa shape index (κ2) is 4.65. The highest BCUT2D eigenvalue weighted by Gasteiger charge is 2.43. The van der Waals surface area contributed by atoms with Gasteiger partial charge in [0.15, 0.2) is 6.23 Å². The molecule has 1 aromatic rings. The van der Waals surface area contributed by atoms with Crippen molar-refractivity contribution in [1.82, 2.24) is 9.55 Å². The van der Waals surface area contributed by atoms with Crippen molar-refractivity contribution >= 4 is 5.82 Å². The van der Waals surface area contributed by atoms with Gasteiger partial charge in [0.2, 0.25) is 0 Å². The summed E-state index contributed by atoms with van der Waals surface area (Å²) in [6, 6.07) is 0. The van der Waals surface area contributed by atoms with Gasteiger partial charge < -0.3 is 25.8 Å². The molecule has 0 radical (unpaired) electrons. The van der Waals surface area contributed by atoms with Crippen LogP contribution in [0.2, 0.25) is 0 Å². The van der Waals surface area contributed by atoms with E-state index < -0.39 is 36.8 Å². The number of hydrogen-bond donors (Lipinski definition) is 4. The maximum Gasteiger partial charge on any atom is 0.351 e. The monoisotopic (exact) mass is 257 g/mol. The zero-order valence-corrected chi connectivity index (χ0v) is 9.72. The lowest BCUT2D eigenvalue weighted by Gasteiger charge is -2.17. The lowest BCUT2D eigenvalue weighted by molar-refractivity contribution is -0.0550. The Labute approximate surface area is 102 Å². The van der Waals surface area contributed by atoms with E-state index in [9.17, 15) is 15.0 Å². The molecule has 0 spiro atoms. The molecule has 1 fully saturated rings. The maximum absolute atomic E-state index is 11.7. The first kappa shape index (κ1) is 13.0. The van der Waals surface area contributed by atoms with E-state index in [4.69, 9.17) is 15.6 Å². The summed E-state index contributed by atoms with van der Waals surface area (Å²) in [5.74, 6) is 0.1000. The number of aromatic nitrogens is 2. The zero-order chi connectivity index (χ0) is 13.4. The number of anilines is 1. The molecular formula is C10H15N3O5. The molecule has 4 atom stereocenters. The molecule has 5 N–H and O–H groups in total. The SMILES string of the molecule is Cc1cn(C2O[C@@H](CO)[C@@H](O)[C@@H]2O)c(=O)nc1N. The van der Waals surface area contributed by atoms with Gasteiger partial charge in [-0.3, -0.25) is 4.57 Å². The van der Waals surface area contributed by atoms with Gasteiger partial charge in [-0.05, 0) is 6.92 Å². The van der Waals surface area contributed by atoms with Crippen LogP contribution in [-0.4, -0.2) is 49.8 Å². The van der Waals surface area contributed by atoms with Gasteiger partial charge in [0.25, 0.3) is 0 Å². The van der Waals surface area contributed by atoms with Gasteiger partial charge in [0.1, 0.15) is 24.1 Å². The van der Waals surface area contributed by atoms with Crippen molar-refractivity contribution < 1.29 is 20.1 Å². The van der Waals surface area contributed by atoms with Crippen LogP contribution in [0.3, 0.4) is 0 Å². The van der Waals surface area contributed by atoms with E-state index >= 15 is 0 Å². The summed E-state index contributed by atoms with van der Waals surface area (Å²) in [6.45, 7) is 1.20. The topological polar surface area (TPSA) is 131 Å². The molecule has 1 saturated heterocycles. The van der Waals surface area contributed by atoms with Crippen molar-refractivity contribution in [3.63, 3.8) is 0 Å². The van der Waals surface area contributed by atoms with E-state index in [1.165, 1.54) is 6.20 Å². The lowest BCUT2D eigenvalue weighted by Crippen LogP contribution is -2.36. The molecule has 0 amide bonds. The minimum atomic E-state index is -1.32. The molecule has 0 bridgehead atoms. The first-order chi connectivity index (χ1) is 8.45. The van der Waals surface area contributed by atoms with Crippen molar-refractivity contribution in [3.05, 3.63) is 22.2 Å². The van der Waals surface area contributed by atoms with Crippen molar-refractivity contribution in [2.45, 2.75) is 31.5 Å². The van der Waals surface area contributed by atoms with Crippen LogP contribution in [-0.2, 0) is 4.74 Å². The number of nitrogens with zero attached hydrogens (tertiary/aromatic N) is 2. The number of aliphatic hydroxyl groups is 3. The van der Waals surface area contributed by atoms with Gasteiger partial charge in [0.05, 0.1) is 6.61 Å². The number of hydrogen-bond acceptors (Lipinski definition) is 7. The average Bonchev–Trinajstić information content (AvgIpc) is 2.61. The number of nitrogens with two attached hydrogens (primary N) is 1. The third kappa shape index (κ3) is 1.99. The fourth-order valence-corrected chi connectivity index (χ4v) is 1.87. The smallest absolute Gasteiger partial charge is 0.351 e. The molecule has 1 unspecified atom stereocenters. The van der Waals surface area contributed by atoms with E-state index in [-0.39, 0.29) is 5.82 Å². The summed E-state index contributed by atoms with van der Waals surface area (Å²) >= 11 is 0. The van der Waals surface area contributed by atoms with E-state index in [1.54, 1.807) is 6.92 Å². The Hall–Kier alpha value is -1.48. The normalized spacial score (nSPS) is 31.8. The van der Waals surface area contributed by atoms with E-state index in [0.717, 1.165) is 4.57 Å². The zero-order valence-electron chi connectivity index (χ0n) is 9.72. The lowest BCUT2D eigenvalue weighted by atomic mass is 10.1. The van der Waals surface area contributed by atoms with Gasteiger partial charge in [-0.15, -0.1) is 0 Å². The molecule has 18 heavy (non-hydrogen) atoms. The van der Waals surface area contributed by atoms with Gasteiger partial charge >= 0.3 is 5.69 Å². The van der Waals surface area contributed by atoms with Crippen LogP contribution in [0.1, 0.15) is 11.8 Å². The predicted molar refractivity (Wildman–Crippen MR) is 60.7 cm³/mol. The average molecular weight is 257 g/mol. The van der Waals surface area contributed by atoms with Gasteiger partial charge in [-0.2, -0.15) is 4.98 Å². The minimum Gasteiger partial charge on any atom is -0.394 e. The molecule has 1 aliphatic heterocycles. The quantitative estimate of drug-likeness (QED) is 0.470. The Kier molecular flexibility index (Phi) is 3.35. The fraction of sp³-hybridized carbons (Fsp3) is 0.600.